The highest BCUT2D eigenvalue weighted by molar-refractivity contribution is 7.92. The number of rotatable bonds is 6. The van der Waals surface area contributed by atoms with Gasteiger partial charge in [0.2, 0.25) is 0 Å². The molecule has 2 atom stereocenters. The van der Waals surface area contributed by atoms with Crippen LogP contribution in [0.3, 0.4) is 0 Å². The smallest absolute Gasteiger partial charge is 0.192 e. The lowest BCUT2D eigenvalue weighted by Gasteiger charge is -2.38. The summed E-state index contributed by atoms with van der Waals surface area (Å²) < 4.78 is 27.0. The fourth-order valence-electron chi connectivity index (χ4n) is 2.09. The topological polar surface area (TPSA) is 109 Å². The van der Waals surface area contributed by atoms with E-state index in [4.69, 9.17) is 19.3 Å². The highest BCUT2D eigenvalue weighted by Gasteiger charge is 2.45. The summed E-state index contributed by atoms with van der Waals surface area (Å²) in [6, 6.07) is 0. The molecule has 0 aliphatic carbocycles. The number of thiazole rings is 1. The van der Waals surface area contributed by atoms with Gasteiger partial charge < -0.3 is 9.53 Å². The van der Waals surface area contributed by atoms with Gasteiger partial charge in [-0.1, -0.05) is 54.6 Å². The van der Waals surface area contributed by atoms with Crippen molar-refractivity contribution in [3.8, 4) is 0 Å². The molecule has 28 heavy (non-hydrogen) atoms. The molecule has 6 nitrogen and oxygen atoms in total. The fourth-order valence-corrected chi connectivity index (χ4v) is 8.80. The van der Waals surface area contributed by atoms with Gasteiger partial charge in [0.05, 0.1) is 11.9 Å². The molecular weight excluding hydrogens is 427 g/mol. The van der Waals surface area contributed by atoms with Crippen LogP contribution in [0.1, 0.15) is 53.5 Å². The Morgan fingerprint density at radius 2 is 1.57 bits per heavy atom. The average molecular weight is 466 g/mol. The molecule has 1 aromatic rings. The van der Waals surface area contributed by atoms with Gasteiger partial charge in [-0.3, -0.25) is 0 Å². The van der Waals surface area contributed by atoms with Crippen LogP contribution >= 0.6 is 11.3 Å². The second-order valence-corrected chi connectivity index (χ2v) is 23.9. The minimum atomic E-state index is -3.44. The van der Waals surface area contributed by atoms with Crippen LogP contribution in [0.5, 0.6) is 0 Å². The van der Waals surface area contributed by atoms with Crippen molar-refractivity contribution in [2.24, 2.45) is 5.14 Å². The van der Waals surface area contributed by atoms with Crippen LogP contribution in [0.25, 0.3) is 0 Å². The van der Waals surface area contributed by atoms with E-state index in [0.29, 0.717) is 14.5 Å². The maximum absolute atomic E-state index is 12.5. The van der Waals surface area contributed by atoms with E-state index >= 15 is 0 Å². The average Bonchev–Trinajstić information content (AvgIpc) is 2.89. The molecule has 1 heterocycles. The number of hydrogen-bond donors (Lipinski definition) is 3. The molecule has 0 aromatic carbocycles. The van der Waals surface area contributed by atoms with E-state index in [1.807, 2.05) is 0 Å². The van der Waals surface area contributed by atoms with E-state index in [-0.39, 0.29) is 16.7 Å². The van der Waals surface area contributed by atoms with Crippen molar-refractivity contribution in [1.29, 1.82) is 4.78 Å². The summed E-state index contributed by atoms with van der Waals surface area (Å²) in [7, 11) is -7.69. The van der Waals surface area contributed by atoms with Crippen molar-refractivity contribution in [2.75, 3.05) is 6.61 Å². The van der Waals surface area contributed by atoms with Gasteiger partial charge in [0.1, 0.15) is 32.8 Å². The number of nitrogens with two attached hydrogens (primary N) is 1. The molecule has 10 heteroatoms. The van der Waals surface area contributed by atoms with Crippen molar-refractivity contribution in [1.82, 2.24) is 4.98 Å². The van der Waals surface area contributed by atoms with Gasteiger partial charge in [0, 0.05) is 0 Å². The van der Waals surface area contributed by atoms with E-state index in [9.17, 15) is 9.32 Å². The Kier molecular flexibility index (Phi) is 6.99. The SMILES string of the molecule is CC(O)(CO[Si](C)(C)C(C)(C)C)c1nc([Si](C)(C)C(C)(C)C)c(S(=N)(N)=O)s1. The van der Waals surface area contributed by atoms with Crippen LogP contribution in [0.2, 0.25) is 36.3 Å². The summed E-state index contributed by atoms with van der Waals surface area (Å²) in [6.07, 6.45) is 0. The maximum Gasteiger partial charge on any atom is 0.192 e. The first-order valence-corrected chi connectivity index (χ1v) is 17.8. The van der Waals surface area contributed by atoms with Gasteiger partial charge >= 0.3 is 0 Å². The van der Waals surface area contributed by atoms with E-state index in [1.165, 1.54) is 0 Å². The molecule has 0 saturated heterocycles. The van der Waals surface area contributed by atoms with E-state index in [0.717, 1.165) is 11.3 Å². The van der Waals surface area contributed by atoms with Crippen molar-refractivity contribution in [3.63, 3.8) is 0 Å². The lowest BCUT2D eigenvalue weighted by molar-refractivity contribution is 0.00254. The fraction of sp³-hybridized carbons (Fsp3) is 0.833. The zero-order valence-electron chi connectivity index (χ0n) is 19.3. The number of nitrogens with one attached hydrogen (secondary N) is 1. The summed E-state index contributed by atoms with van der Waals surface area (Å²) in [5, 5.41) is 17.9. The maximum atomic E-state index is 12.5. The van der Waals surface area contributed by atoms with E-state index in [2.05, 4.69) is 67.7 Å². The first-order valence-electron chi connectivity index (χ1n) is 9.49. The van der Waals surface area contributed by atoms with Gasteiger partial charge in [-0.25, -0.2) is 19.1 Å². The Balaban J connectivity index is 3.43. The monoisotopic (exact) mass is 465 g/mol. The molecule has 0 spiro atoms. The molecule has 164 valence electrons. The standard InChI is InChI=1S/C18H39N3O3S2Si2/c1-16(2,3)27(8,9)13-14(26(19,20)23)25-15(21-13)18(7,22)12-24-28(10,11)17(4,5)6/h22H,12H2,1-11H3,(H3,19,20,23). The largest absolute Gasteiger partial charge is 0.413 e. The second kappa shape index (κ2) is 7.54. The molecule has 0 aliphatic heterocycles. The molecule has 1 aromatic heterocycles. The van der Waals surface area contributed by atoms with Crippen molar-refractivity contribution in [3.05, 3.63) is 5.01 Å². The molecule has 0 fully saturated rings. The summed E-state index contributed by atoms with van der Waals surface area (Å²) in [6.45, 7) is 23.1. The summed E-state index contributed by atoms with van der Waals surface area (Å²) in [5.41, 5.74) is -1.33. The molecule has 0 saturated carbocycles. The predicted octanol–water partition coefficient (Wildman–Crippen LogP) is 4.37. The normalized spacial score (nSPS) is 18.6. The zero-order chi connectivity index (χ0) is 22.6. The van der Waals surface area contributed by atoms with Gasteiger partial charge in [-0.05, 0) is 30.1 Å². The third kappa shape index (κ3) is 5.33. The van der Waals surface area contributed by atoms with Crippen molar-refractivity contribution in [2.45, 2.75) is 94.5 Å². The van der Waals surface area contributed by atoms with Crippen LogP contribution in [0.15, 0.2) is 4.21 Å². The predicted molar refractivity (Wildman–Crippen MR) is 125 cm³/mol. The number of aliphatic hydroxyl groups is 1. The molecular formula is C18H39N3O3S2Si2. The first-order chi connectivity index (χ1) is 12.0. The summed E-state index contributed by atoms with van der Waals surface area (Å²) >= 11 is 1.10. The molecule has 0 aliphatic rings. The van der Waals surface area contributed by atoms with Crippen LogP contribution in [-0.4, -0.2) is 37.3 Å². The van der Waals surface area contributed by atoms with E-state index in [1.54, 1.807) is 6.92 Å². The zero-order valence-corrected chi connectivity index (χ0v) is 22.9. The van der Waals surface area contributed by atoms with Gasteiger partial charge in [0.15, 0.2) is 8.32 Å². The van der Waals surface area contributed by atoms with Crippen molar-refractivity contribution < 1.29 is 13.7 Å². The highest BCUT2D eigenvalue weighted by Crippen LogP contribution is 2.40. The highest BCUT2D eigenvalue weighted by atomic mass is 32.2. The third-order valence-corrected chi connectivity index (χ3v) is 19.3. The Morgan fingerprint density at radius 3 is 1.93 bits per heavy atom. The van der Waals surface area contributed by atoms with Gasteiger partial charge in [-0.15, -0.1) is 11.3 Å². The van der Waals surface area contributed by atoms with E-state index < -0.39 is 31.9 Å². The minimum absolute atomic E-state index is 0.0240. The Hall–Kier alpha value is -0.106. The minimum Gasteiger partial charge on any atom is -0.413 e. The molecule has 1 rings (SSSR count). The summed E-state index contributed by atoms with van der Waals surface area (Å²) in [4.78, 5) is 4.74. The first kappa shape index (κ1) is 25.9. The van der Waals surface area contributed by atoms with Crippen LogP contribution < -0.4 is 10.5 Å². The molecule has 0 radical (unpaired) electrons. The Morgan fingerprint density at radius 1 is 1.11 bits per heavy atom. The van der Waals surface area contributed by atoms with Crippen LogP contribution in [0.4, 0.5) is 0 Å². The Bertz CT molecular complexity index is 818. The van der Waals surface area contributed by atoms with Crippen molar-refractivity contribution >= 4 is 43.0 Å². The molecule has 0 bridgehead atoms. The molecule has 0 amide bonds. The Labute approximate surface area is 177 Å². The lowest BCUT2D eigenvalue weighted by Crippen LogP contribution is -2.52. The van der Waals surface area contributed by atoms with Gasteiger partial charge in [-0.2, -0.15) is 0 Å². The quantitative estimate of drug-likeness (QED) is 0.542. The molecule has 2 unspecified atom stereocenters. The molecule has 4 N–H and O–H groups in total. The van der Waals surface area contributed by atoms with Crippen LogP contribution in [-0.2, 0) is 19.9 Å². The van der Waals surface area contributed by atoms with Crippen LogP contribution in [0, 0.1) is 4.78 Å². The lowest BCUT2D eigenvalue weighted by atomic mass is 10.1. The number of hydrogen-bond acceptors (Lipinski definition) is 6. The number of aromatic nitrogens is 1. The van der Waals surface area contributed by atoms with Gasteiger partial charge in [0.25, 0.3) is 0 Å². The third-order valence-electron chi connectivity index (χ3n) is 6.32. The number of nitrogens with zero attached hydrogens (tertiary/aromatic N) is 1. The second-order valence-electron chi connectivity index (χ2n) is 11.0. The summed E-state index contributed by atoms with van der Waals surface area (Å²) in [5.74, 6) is 0.